The second-order valence-corrected chi connectivity index (χ2v) is 3.48. The van der Waals surface area contributed by atoms with Gasteiger partial charge in [-0.25, -0.2) is 9.79 Å². The van der Waals surface area contributed by atoms with Crippen molar-refractivity contribution < 1.29 is 9.90 Å². The standard InChI is InChI=1S/C10H9N3O2S/c1-16-10(12-6-11)13-8-5-3-2-4-7(8)9(14)15/h2-5H,1H3,(H,12,13)(H,14,15). The first-order chi connectivity index (χ1) is 7.69. The van der Waals surface area contributed by atoms with Crippen LogP contribution in [0.15, 0.2) is 29.3 Å². The lowest BCUT2D eigenvalue weighted by Crippen LogP contribution is -2.12. The van der Waals surface area contributed by atoms with Gasteiger partial charge in [0.25, 0.3) is 0 Å². The number of nitrogens with one attached hydrogen (secondary N) is 1. The fourth-order valence-electron chi connectivity index (χ4n) is 1.03. The van der Waals surface area contributed by atoms with Crippen molar-refractivity contribution in [3.8, 4) is 6.19 Å². The van der Waals surface area contributed by atoms with E-state index in [9.17, 15) is 4.79 Å². The van der Waals surface area contributed by atoms with Crippen LogP contribution in [0.3, 0.4) is 0 Å². The van der Waals surface area contributed by atoms with Crippen molar-refractivity contribution in [3.05, 3.63) is 29.8 Å². The fraction of sp³-hybridized carbons (Fsp3) is 0.100. The number of nitriles is 1. The monoisotopic (exact) mass is 235 g/mol. The van der Waals surface area contributed by atoms with Crippen molar-refractivity contribution in [2.24, 2.45) is 4.99 Å². The third-order valence-electron chi connectivity index (χ3n) is 1.71. The molecule has 0 saturated carbocycles. The molecule has 0 aliphatic rings. The molecule has 2 N–H and O–H groups in total. The third-order valence-corrected chi connectivity index (χ3v) is 2.29. The van der Waals surface area contributed by atoms with Crippen LogP contribution in [0.2, 0.25) is 0 Å². The summed E-state index contributed by atoms with van der Waals surface area (Å²) in [6, 6.07) is 6.36. The van der Waals surface area contributed by atoms with E-state index in [1.165, 1.54) is 17.8 Å². The van der Waals surface area contributed by atoms with Gasteiger partial charge in [0.15, 0.2) is 11.4 Å². The molecule has 0 radical (unpaired) electrons. The summed E-state index contributed by atoms with van der Waals surface area (Å²) < 4.78 is 0. The minimum atomic E-state index is -1.04. The van der Waals surface area contributed by atoms with Crippen molar-refractivity contribution in [3.63, 3.8) is 0 Å². The van der Waals surface area contributed by atoms with Crippen LogP contribution in [-0.2, 0) is 0 Å². The predicted octanol–water partition coefficient (Wildman–Crippen LogP) is 1.81. The van der Waals surface area contributed by atoms with E-state index in [-0.39, 0.29) is 5.56 Å². The second kappa shape index (κ2) is 5.78. The first-order valence-corrected chi connectivity index (χ1v) is 5.51. The number of carboxylic acid groups (broad SMARTS) is 1. The number of aromatic carboxylic acids is 1. The number of para-hydroxylation sites is 1. The molecule has 16 heavy (non-hydrogen) atoms. The maximum atomic E-state index is 10.9. The van der Waals surface area contributed by atoms with E-state index in [2.05, 4.69) is 10.3 Å². The van der Waals surface area contributed by atoms with Gasteiger partial charge in [0.05, 0.1) is 11.3 Å². The van der Waals surface area contributed by atoms with Crippen LogP contribution >= 0.6 is 11.8 Å². The van der Waals surface area contributed by atoms with Gasteiger partial charge in [0, 0.05) is 0 Å². The van der Waals surface area contributed by atoms with E-state index in [1.54, 1.807) is 30.6 Å². The molecule has 82 valence electrons. The fourth-order valence-corrected chi connectivity index (χ4v) is 1.37. The molecular formula is C10H9N3O2S. The van der Waals surface area contributed by atoms with E-state index in [1.807, 2.05) is 0 Å². The Bertz CT molecular complexity index is 465. The average molecular weight is 235 g/mol. The van der Waals surface area contributed by atoms with Crippen LogP contribution in [0.5, 0.6) is 0 Å². The largest absolute Gasteiger partial charge is 0.478 e. The molecule has 0 bridgehead atoms. The number of benzene rings is 1. The van der Waals surface area contributed by atoms with Gasteiger partial charge >= 0.3 is 5.97 Å². The molecule has 0 saturated heterocycles. The topological polar surface area (TPSA) is 85.5 Å². The highest BCUT2D eigenvalue weighted by molar-refractivity contribution is 8.13. The molecule has 1 aromatic rings. The van der Waals surface area contributed by atoms with E-state index < -0.39 is 5.97 Å². The first kappa shape index (κ1) is 12.1. The predicted molar refractivity (Wildman–Crippen MR) is 62.8 cm³/mol. The zero-order valence-electron chi connectivity index (χ0n) is 8.47. The molecule has 0 fully saturated rings. The van der Waals surface area contributed by atoms with Crippen LogP contribution in [0, 0.1) is 11.5 Å². The van der Waals surface area contributed by atoms with E-state index >= 15 is 0 Å². The number of nitrogens with zero attached hydrogens (tertiary/aromatic N) is 2. The Labute approximate surface area is 96.8 Å². The van der Waals surface area contributed by atoms with E-state index in [4.69, 9.17) is 10.4 Å². The number of carbonyl (C=O) groups is 1. The molecule has 0 spiro atoms. The number of carboxylic acids is 1. The summed E-state index contributed by atoms with van der Waals surface area (Å²) in [5.74, 6) is -1.04. The van der Waals surface area contributed by atoms with Gasteiger partial charge in [0.2, 0.25) is 0 Å². The van der Waals surface area contributed by atoms with Gasteiger partial charge in [-0.1, -0.05) is 23.9 Å². The van der Waals surface area contributed by atoms with Crippen LogP contribution in [0.25, 0.3) is 0 Å². The minimum absolute atomic E-state index is 0.105. The number of hydrogen-bond donors (Lipinski definition) is 2. The van der Waals surface area contributed by atoms with E-state index in [0.29, 0.717) is 10.9 Å². The van der Waals surface area contributed by atoms with Gasteiger partial charge in [-0.3, -0.25) is 5.32 Å². The maximum Gasteiger partial charge on any atom is 0.337 e. The summed E-state index contributed by atoms with van der Waals surface area (Å²) >= 11 is 1.23. The molecular weight excluding hydrogens is 226 g/mol. The Kier molecular flexibility index (Phi) is 4.36. The smallest absolute Gasteiger partial charge is 0.337 e. The summed E-state index contributed by atoms with van der Waals surface area (Å²) in [5, 5.41) is 20.1. The van der Waals surface area contributed by atoms with Crippen LogP contribution in [-0.4, -0.2) is 22.5 Å². The zero-order chi connectivity index (χ0) is 12.0. The Hall–Kier alpha value is -2.00. The molecule has 1 rings (SSSR count). The molecule has 0 amide bonds. The molecule has 0 atom stereocenters. The number of rotatable bonds is 2. The van der Waals surface area contributed by atoms with Crippen LogP contribution in [0.1, 0.15) is 10.4 Å². The quantitative estimate of drug-likeness (QED) is 0.353. The lowest BCUT2D eigenvalue weighted by atomic mass is 10.2. The van der Waals surface area contributed by atoms with Crippen molar-refractivity contribution in [2.75, 3.05) is 6.26 Å². The van der Waals surface area contributed by atoms with Gasteiger partial charge in [-0.15, -0.1) is 0 Å². The molecule has 0 aliphatic carbocycles. The average Bonchev–Trinajstić information content (AvgIpc) is 2.29. The molecule has 0 aliphatic heterocycles. The molecule has 5 nitrogen and oxygen atoms in total. The maximum absolute atomic E-state index is 10.9. The Morgan fingerprint density at radius 3 is 2.81 bits per heavy atom. The Morgan fingerprint density at radius 1 is 1.56 bits per heavy atom. The van der Waals surface area contributed by atoms with Crippen molar-refractivity contribution in [1.82, 2.24) is 5.32 Å². The van der Waals surface area contributed by atoms with E-state index in [0.717, 1.165) is 0 Å². The summed E-state index contributed by atoms with van der Waals surface area (Å²) in [6.07, 6.45) is 3.48. The number of amidine groups is 1. The molecule has 6 heteroatoms. The SMILES string of the molecule is CSC(=Nc1ccccc1C(=O)O)NC#N. The van der Waals surface area contributed by atoms with Gasteiger partial charge in [-0.2, -0.15) is 5.26 Å². The zero-order valence-corrected chi connectivity index (χ0v) is 9.28. The summed E-state index contributed by atoms with van der Waals surface area (Å²) in [7, 11) is 0. The molecule has 0 aromatic heterocycles. The highest BCUT2D eigenvalue weighted by Crippen LogP contribution is 2.19. The van der Waals surface area contributed by atoms with Crippen LogP contribution in [0.4, 0.5) is 5.69 Å². The summed E-state index contributed by atoms with van der Waals surface area (Å²) in [5.41, 5.74) is 0.427. The summed E-state index contributed by atoms with van der Waals surface area (Å²) in [6.45, 7) is 0. The Balaban J connectivity index is 3.13. The summed E-state index contributed by atoms with van der Waals surface area (Å²) in [4.78, 5) is 14.9. The first-order valence-electron chi connectivity index (χ1n) is 4.29. The highest BCUT2D eigenvalue weighted by atomic mass is 32.2. The van der Waals surface area contributed by atoms with Gasteiger partial charge in [-0.05, 0) is 18.4 Å². The normalized spacial score (nSPS) is 10.6. The molecule has 0 unspecified atom stereocenters. The Morgan fingerprint density at radius 2 is 2.25 bits per heavy atom. The van der Waals surface area contributed by atoms with Gasteiger partial charge in [0.1, 0.15) is 0 Å². The van der Waals surface area contributed by atoms with Crippen molar-refractivity contribution in [2.45, 2.75) is 0 Å². The lowest BCUT2D eigenvalue weighted by molar-refractivity contribution is 0.0698. The number of hydrogen-bond acceptors (Lipinski definition) is 4. The van der Waals surface area contributed by atoms with Crippen LogP contribution < -0.4 is 5.32 Å². The number of thioether (sulfide) groups is 1. The molecule has 0 heterocycles. The third kappa shape index (κ3) is 3.00. The van der Waals surface area contributed by atoms with Crippen molar-refractivity contribution in [1.29, 1.82) is 5.26 Å². The number of aliphatic imine (C=N–C) groups is 1. The minimum Gasteiger partial charge on any atom is -0.478 e. The van der Waals surface area contributed by atoms with Crippen molar-refractivity contribution >= 4 is 28.6 Å². The molecule has 1 aromatic carbocycles. The van der Waals surface area contributed by atoms with Gasteiger partial charge < -0.3 is 5.11 Å². The lowest BCUT2D eigenvalue weighted by Gasteiger charge is -2.02. The second-order valence-electron chi connectivity index (χ2n) is 2.68. The highest BCUT2D eigenvalue weighted by Gasteiger charge is 2.08.